The molecule has 1 aromatic carbocycles. The van der Waals surface area contributed by atoms with E-state index in [1.807, 2.05) is 6.92 Å². The number of hydrogen-bond donors (Lipinski definition) is 1. The van der Waals surface area contributed by atoms with E-state index < -0.39 is 0 Å². The maximum absolute atomic E-state index is 12.4. The normalized spacial score (nSPS) is 17.0. The first-order chi connectivity index (χ1) is 13.1. The Morgan fingerprint density at radius 2 is 2.33 bits per heavy atom. The number of hydrogen-bond acceptors (Lipinski definition) is 6. The van der Waals surface area contributed by atoms with Crippen LogP contribution in [-0.4, -0.2) is 36.2 Å². The van der Waals surface area contributed by atoms with Crippen LogP contribution in [0.15, 0.2) is 22.7 Å². The van der Waals surface area contributed by atoms with Crippen molar-refractivity contribution < 1.29 is 14.1 Å². The molecule has 8 heteroatoms. The number of anilines is 2. The fraction of sp³-hybridized carbons (Fsp3) is 0.526. The highest BCUT2D eigenvalue weighted by Gasteiger charge is 2.24. The minimum Gasteiger partial charge on any atom is -0.495 e. The van der Waals surface area contributed by atoms with E-state index in [0.29, 0.717) is 40.6 Å². The number of aryl methyl sites for hydroxylation is 1. The maximum Gasteiger partial charge on any atom is 0.266 e. The van der Waals surface area contributed by atoms with Gasteiger partial charge in [0.2, 0.25) is 11.8 Å². The van der Waals surface area contributed by atoms with Gasteiger partial charge in [-0.15, -0.1) is 0 Å². The highest BCUT2D eigenvalue weighted by atomic mass is 35.5. The van der Waals surface area contributed by atoms with Gasteiger partial charge in [-0.1, -0.05) is 18.5 Å². The molecule has 2 aromatic rings. The monoisotopic (exact) mass is 392 g/mol. The number of ether oxygens (including phenoxy) is 1. The van der Waals surface area contributed by atoms with Gasteiger partial charge in [0.15, 0.2) is 0 Å². The first-order valence-corrected chi connectivity index (χ1v) is 9.67. The van der Waals surface area contributed by atoms with Crippen LogP contribution in [0.5, 0.6) is 5.75 Å². The molecule has 1 saturated heterocycles. The van der Waals surface area contributed by atoms with E-state index in [9.17, 15) is 4.79 Å². The maximum atomic E-state index is 12.4. The van der Waals surface area contributed by atoms with Gasteiger partial charge in [-0.2, -0.15) is 4.98 Å². The summed E-state index contributed by atoms with van der Waals surface area (Å²) in [6.07, 6.45) is 4.15. The van der Waals surface area contributed by atoms with Gasteiger partial charge in [0, 0.05) is 31.0 Å². The second kappa shape index (κ2) is 9.08. The molecule has 1 atom stereocenters. The fourth-order valence-electron chi connectivity index (χ4n) is 3.33. The van der Waals surface area contributed by atoms with Crippen LogP contribution in [-0.2, 0) is 11.2 Å². The minimum atomic E-state index is -0.0412. The van der Waals surface area contributed by atoms with Crippen molar-refractivity contribution in [3.63, 3.8) is 0 Å². The molecule has 27 heavy (non-hydrogen) atoms. The number of nitrogens with one attached hydrogen (secondary N) is 1. The Morgan fingerprint density at radius 1 is 1.48 bits per heavy atom. The Balaban J connectivity index is 1.52. The van der Waals surface area contributed by atoms with Crippen molar-refractivity contribution in [2.24, 2.45) is 5.92 Å². The molecular weight excluding hydrogens is 368 g/mol. The van der Waals surface area contributed by atoms with Gasteiger partial charge in [0.1, 0.15) is 5.75 Å². The number of carbonyl (C=O) groups excluding carboxylic acids is 1. The Labute approximate surface area is 164 Å². The third-order valence-corrected chi connectivity index (χ3v) is 5.01. The van der Waals surface area contributed by atoms with Gasteiger partial charge in [0.25, 0.3) is 5.95 Å². The van der Waals surface area contributed by atoms with Crippen LogP contribution >= 0.6 is 11.6 Å². The van der Waals surface area contributed by atoms with E-state index in [1.54, 1.807) is 25.3 Å². The molecule has 1 N–H and O–H groups in total. The lowest BCUT2D eigenvalue weighted by Crippen LogP contribution is -2.36. The lowest BCUT2D eigenvalue weighted by atomic mass is 9.93. The molecule has 0 spiro atoms. The molecule has 2 heterocycles. The average molecular weight is 393 g/mol. The lowest BCUT2D eigenvalue weighted by molar-refractivity contribution is -0.116. The topological polar surface area (TPSA) is 80.5 Å². The van der Waals surface area contributed by atoms with Crippen molar-refractivity contribution in [1.29, 1.82) is 0 Å². The van der Waals surface area contributed by atoms with Gasteiger partial charge in [-0.05, 0) is 48.5 Å². The summed E-state index contributed by atoms with van der Waals surface area (Å²) in [7, 11) is 1.57. The third-order valence-electron chi connectivity index (χ3n) is 4.78. The Kier molecular flexibility index (Phi) is 6.55. The second-order valence-corrected chi connectivity index (χ2v) is 7.16. The van der Waals surface area contributed by atoms with Crippen molar-refractivity contribution in [3.8, 4) is 5.75 Å². The molecule has 0 bridgehead atoms. The molecule has 0 saturated carbocycles. The van der Waals surface area contributed by atoms with Crippen LogP contribution in [0, 0.1) is 5.92 Å². The number of halogens is 1. The van der Waals surface area contributed by atoms with E-state index >= 15 is 0 Å². The molecule has 1 amide bonds. The van der Waals surface area contributed by atoms with Gasteiger partial charge in [-0.25, -0.2) is 0 Å². The van der Waals surface area contributed by atoms with Crippen LogP contribution in [0.1, 0.15) is 38.5 Å². The lowest BCUT2D eigenvalue weighted by Gasteiger charge is -2.31. The molecule has 3 rings (SSSR count). The van der Waals surface area contributed by atoms with Gasteiger partial charge in [0.05, 0.1) is 12.8 Å². The number of piperidine rings is 1. The summed E-state index contributed by atoms with van der Waals surface area (Å²) in [5.74, 6) is 2.29. The van der Waals surface area contributed by atoms with Gasteiger partial charge >= 0.3 is 0 Å². The van der Waals surface area contributed by atoms with E-state index in [4.69, 9.17) is 20.9 Å². The van der Waals surface area contributed by atoms with E-state index in [1.165, 1.54) is 0 Å². The Bertz CT molecular complexity index is 780. The molecule has 0 unspecified atom stereocenters. The van der Waals surface area contributed by atoms with Crippen LogP contribution in [0.4, 0.5) is 11.6 Å². The second-order valence-electron chi connectivity index (χ2n) is 6.73. The average Bonchev–Trinajstić information content (AvgIpc) is 3.16. The first kappa shape index (κ1) is 19.5. The number of benzene rings is 1. The van der Waals surface area contributed by atoms with Crippen LogP contribution < -0.4 is 15.0 Å². The minimum absolute atomic E-state index is 0.0412. The summed E-state index contributed by atoms with van der Waals surface area (Å²) in [6, 6.07) is 5.17. The van der Waals surface area contributed by atoms with Crippen molar-refractivity contribution in [1.82, 2.24) is 10.1 Å². The molecule has 1 aromatic heterocycles. The zero-order valence-electron chi connectivity index (χ0n) is 15.7. The smallest absolute Gasteiger partial charge is 0.266 e. The molecule has 1 aliphatic heterocycles. The van der Waals surface area contributed by atoms with Crippen molar-refractivity contribution in [2.45, 2.75) is 39.0 Å². The zero-order valence-corrected chi connectivity index (χ0v) is 16.5. The number of carbonyl (C=O) groups is 1. The van der Waals surface area contributed by atoms with E-state index in [2.05, 4.69) is 20.4 Å². The number of methoxy groups -OCH3 is 1. The summed E-state index contributed by atoms with van der Waals surface area (Å²) in [5.41, 5.74) is 0.596. The Hall–Kier alpha value is -2.28. The van der Waals surface area contributed by atoms with E-state index in [0.717, 1.165) is 38.8 Å². The predicted molar refractivity (Wildman–Crippen MR) is 104 cm³/mol. The van der Waals surface area contributed by atoms with Crippen LogP contribution in [0.25, 0.3) is 0 Å². The van der Waals surface area contributed by atoms with Crippen molar-refractivity contribution in [3.05, 3.63) is 29.1 Å². The molecule has 1 fully saturated rings. The number of rotatable bonds is 7. The highest BCUT2D eigenvalue weighted by molar-refractivity contribution is 6.31. The molecule has 146 valence electrons. The van der Waals surface area contributed by atoms with Gasteiger partial charge in [-0.3, -0.25) is 4.79 Å². The summed E-state index contributed by atoms with van der Waals surface area (Å²) in [4.78, 5) is 18.9. The van der Waals surface area contributed by atoms with E-state index in [-0.39, 0.29) is 5.91 Å². The number of aromatic nitrogens is 2. The van der Waals surface area contributed by atoms with Crippen LogP contribution in [0.3, 0.4) is 0 Å². The first-order valence-electron chi connectivity index (χ1n) is 9.30. The number of amides is 1. The predicted octanol–water partition coefficient (Wildman–Crippen LogP) is 3.93. The third kappa shape index (κ3) is 5.13. The number of nitrogens with zero attached hydrogens (tertiary/aromatic N) is 3. The quantitative estimate of drug-likeness (QED) is 0.768. The largest absolute Gasteiger partial charge is 0.495 e. The van der Waals surface area contributed by atoms with Crippen LogP contribution in [0.2, 0.25) is 5.02 Å². The molecule has 7 nitrogen and oxygen atoms in total. The fourth-order valence-corrected chi connectivity index (χ4v) is 3.50. The molecular formula is C19H25ClN4O3. The van der Waals surface area contributed by atoms with Crippen molar-refractivity contribution in [2.75, 3.05) is 30.4 Å². The standard InChI is InChI=1S/C19H25ClN4O3/c1-3-18-22-19(23-27-18)24-10-4-5-13(12-24)6-9-17(25)21-15-11-14(20)7-8-16(15)26-2/h7-8,11,13H,3-6,9-10,12H2,1-2H3,(H,21,25)/t13-/m1/s1. The Morgan fingerprint density at radius 3 is 3.07 bits per heavy atom. The molecule has 0 aliphatic carbocycles. The summed E-state index contributed by atoms with van der Waals surface area (Å²) in [5, 5.41) is 7.51. The molecule has 0 radical (unpaired) electrons. The summed E-state index contributed by atoms with van der Waals surface area (Å²) in [6.45, 7) is 3.76. The molecule has 1 aliphatic rings. The summed E-state index contributed by atoms with van der Waals surface area (Å²) >= 11 is 6.01. The SMILES string of the molecule is CCc1nc(N2CCC[C@H](CCC(=O)Nc3cc(Cl)ccc3OC)C2)no1. The summed E-state index contributed by atoms with van der Waals surface area (Å²) < 4.78 is 10.5. The van der Waals surface area contributed by atoms with Crippen molar-refractivity contribution >= 4 is 29.1 Å². The van der Waals surface area contributed by atoms with Gasteiger partial charge < -0.3 is 19.5 Å². The zero-order chi connectivity index (χ0) is 19.2. The highest BCUT2D eigenvalue weighted by Crippen LogP contribution is 2.28.